The van der Waals surface area contributed by atoms with Crippen LogP contribution in [-0.4, -0.2) is 0 Å². The van der Waals surface area contributed by atoms with E-state index in [-0.39, 0.29) is 5.82 Å². The zero-order chi connectivity index (χ0) is 14.9. The zero-order valence-electron chi connectivity index (χ0n) is 12.7. The summed E-state index contributed by atoms with van der Waals surface area (Å²) in [4.78, 5) is 0. The number of halogens is 2. The molecular weight excluding hydrogens is 266 g/mol. The van der Waals surface area contributed by atoms with E-state index in [9.17, 15) is 8.78 Å². The van der Waals surface area contributed by atoms with Crippen LogP contribution in [0.1, 0.15) is 69.3 Å². The summed E-state index contributed by atoms with van der Waals surface area (Å²) >= 11 is 0. The number of rotatable bonds is 7. The van der Waals surface area contributed by atoms with Gasteiger partial charge in [0.25, 0.3) is 0 Å². The molecule has 2 rings (SSSR count). The molecule has 1 aliphatic carbocycles. The Hall–Kier alpha value is -1.18. The van der Waals surface area contributed by atoms with Crippen LogP contribution in [0.3, 0.4) is 0 Å². The van der Waals surface area contributed by atoms with Gasteiger partial charge in [-0.05, 0) is 68.1 Å². The lowest BCUT2D eigenvalue weighted by Crippen LogP contribution is -2.13. The van der Waals surface area contributed by atoms with Crippen molar-refractivity contribution in [1.82, 2.24) is 0 Å². The molecule has 1 saturated carbocycles. The lowest BCUT2D eigenvalue weighted by atomic mass is 9.77. The fourth-order valence-corrected chi connectivity index (χ4v) is 3.45. The van der Waals surface area contributed by atoms with E-state index >= 15 is 0 Å². The molecule has 0 nitrogen and oxygen atoms in total. The van der Waals surface area contributed by atoms with Gasteiger partial charge in [-0.1, -0.05) is 37.5 Å². The van der Waals surface area contributed by atoms with Gasteiger partial charge in [0, 0.05) is 0 Å². The molecule has 0 aliphatic heterocycles. The van der Waals surface area contributed by atoms with E-state index in [4.69, 9.17) is 0 Å². The highest BCUT2D eigenvalue weighted by molar-refractivity contribution is 5.20. The summed E-state index contributed by atoms with van der Waals surface area (Å²) < 4.78 is 24.7. The van der Waals surface area contributed by atoms with Gasteiger partial charge in [-0.3, -0.25) is 0 Å². The van der Waals surface area contributed by atoms with Crippen molar-refractivity contribution in [3.05, 3.63) is 48.1 Å². The number of benzene rings is 1. The fourth-order valence-electron chi connectivity index (χ4n) is 3.45. The fraction of sp³-hybridized carbons (Fsp3) is 0.579. The Morgan fingerprint density at radius 1 is 0.952 bits per heavy atom. The molecule has 0 saturated heterocycles. The maximum Gasteiger partial charge on any atom is 0.123 e. The average molecular weight is 292 g/mol. The quantitative estimate of drug-likeness (QED) is 0.501. The third kappa shape index (κ3) is 5.61. The molecule has 0 bridgehead atoms. The second-order valence-electron chi connectivity index (χ2n) is 6.27. The first-order valence-corrected chi connectivity index (χ1v) is 8.30. The van der Waals surface area contributed by atoms with Gasteiger partial charge < -0.3 is 0 Å². The van der Waals surface area contributed by atoms with Crippen LogP contribution in [0.2, 0.25) is 0 Å². The summed E-state index contributed by atoms with van der Waals surface area (Å²) in [5.41, 5.74) is 1.30. The van der Waals surface area contributed by atoms with Crippen LogP contribution in [0.5, 0.6) is 0 Å². The Kier molecular flexibility index (Phi) is 6.91. The maximum atomic E-state index is 12.9. The maximum absolute atomic E-state index is 12.9. The molecule has 0 N–H and O–H groups in total. The minimum atomic E-state index is -0.143. The number of allylic oxidation sites excluding steroid dienone is 1. The molecule has 0 amide bonds. The van der Waals surface area contributed by atoms with Crippen LogP contribution < -0.4 is 0 Å². The molecule has 1 aromatic rings. The van der Waals surface area contributed by atoms with Crippen LogP contribution in [0, 0.1) is 11.7 Å². The van der Waals surface area contributed by atoms with Crippen molar-refractivity contribution >= 4 is 0 Å². The van der Waals surface area contributed by atoms with E-state index < -0.39 is 0 Å². The molecule has 0 aromatic heterocycles. The molecule has 0 atom stereocenters. The first-order chi connectivity index (χ1) is 10.3. The topological polar surface area (TPSA) is 0 Å². The van der Waals surface area contributed by atoms with Crippen molar-refractivity contribution in [2.24, 2.45) is 5.92 Å². The minimum Gasteiger partial charge on any atom is -0.216 e. The van der Waals surface area contributed by atoms with Crippen LogP contribution in [0.25, 0.3) is 0 Å². The Morgan fingerprint density at radius 2 is 1.67 bits per heavy atom. The summed E-state index contributed by atoms with van der Waals surface area (Å²) in [5, 5.41) is 0. The minimum absolute atomic E-state index is 0.143. The van der Waals surface area contributed by atoms with E-state index in [2.05, 4.69) is 0 Å². The van der Waals surface area contributed by atoms with Crippen LogP contribution >= 0.6 is 0 Å². The number of hydrogen-bond donors (Lipinski definition) is 0. The van der Waals surface area contributed by atoms with Crippen molar-refractivity contribution < 1.29 is 8.78 Å². The van der Waals surface area contributed by atoms with Gasteiger partial charge >= 0.3 is 0 Å². The van der Waals surface area contributed by atoms with E-state index in [0.717, 1.165) is 18.8 Å². The van der Waals surface area contributed by atoms with Crippen LogP contribution in [-0.2, 0) is 0 Å². The molecule has 2 heteroatoms. The molecule has 1 fully saturated rings. The standard InChI is InChI=1S/C19H26F2/c20-15-5-3-1-2-4-6-16-7-9-17(10-8-16)18-11-13-19(21)14-12-18/h5,11-17H,1-4,6-10H2. The Labute approximate surface area is 127 Å². The predicted octanol–water partition coefficient (Wildman–Crippen LogP) is 6.53. The number of unbranched alkanes of at least 4 members (excludes halogenated alkanes) is 3. The van der Waals surface area contributed by atoms with Gasteiger partial charge in [0.2, 0.25) is 0 Å². The Balaban J connectivity index is 1.63. The number of hydrogen-bond acceptors (Lipinski definition) is 0. The van der Waals surface area contributed by atoms with Gasteiger partial charge in [0.1, 0.15) is 5.82 Å². The van der Waals surface area contributed by atoms with Gasteiger partial charge in [0.05, 0.1) is 6.33 Å². The first kappa shape index (κ1) is 16.2. The van der Waals surface area contributed by atoms with Gasteiger partial charge in [-0.15, -0.1) is 0 Å². The second-order valence-corrected chi connectivity index (χ2v) is 6.27. The van der Waals surface area contributed by atoms with Crippen LogP contribution in [0.4, 0.5) is 8.78 Å². The summed E-state index contributed by atoms with van der Waals surface area (Å²) in [6.07, 6.45) is 13.1. The summed E-state index contributed by atoms with van der Waals surface area (Å²) in [5.74, 6) is 1.34. The highest BCUT2D eigenvalue weighted by Gasteiger charge is 2.21. The molecule has 1 aromatic carbocycles. The van der Waals surface area contributed by atoms with Crippen LogP contribution in [0.15, 0.2) is 36.7 Å². The molecule has 21 heavy (non-hydrogen) atoms. The summed E-state index contributed by atoms with van der Waals surface area (Å²) in [6.45, 7) is 0. The molecule has 1 aliphatic rings. The normalized spacial score (nSPS) is 22.8. The average Bonchev–Trinajstić information content (AvgIpc) is 2.52. The predicted molar refractivity (Wildman–Crippen MR) is 84.4 cm³/mol. The largest absolute Gasteiger partial charge is 0.216 e. The third-order valence-electron chi connectivity index (χ3n) is 4.76. The monoisotopic (exact) mass is 292 g/mol. The summed E-state index contributed by atoms with van der Waals surface area (Å²) in [6, 6.07) is 7.04. The smallest absolute Gasteiger partial charge is 0.123 e. The van der Waals surface area contributed by atoms with Gasteiger partial charge in [-0.2, -0.15) is 0 Å². The highest BCUT2D eigenvalue weighted by atomic mass is 19.1. The Morgan fingerprint density at radius 3 is 2.33 bits per heavy atom. The molecule has 116 valence electrons. The Bertz CT molecular complexity index is 414. The lowest BCUT2D eigenvalue weighted by Gasteiger charge is -2.28. The molecule has 0 heterocycles. The first-order valence-electron chi connectivity index (χ1n) is 8.30. The third-order valence-corrected chi connectivity index (χ3v) is 4.76. The highest BCUT2D eigenvalue weighted by Crippen LogP contribution is 2.37. The lowest BCUT2D eigenvalue weighted by molar-refractivity contribution is 0.302. The van der Waals surface area contributed by atoms with E-state index in [0.29, 0.717) is 12.2 Å². The van der Waals surface area contributed by atoms with Gasteiger partial charge in [0.15, 0.2) is 0 Å². The van der Waals surface area contributed by atoms with Crippen molar-refractivity contribution in [2.75, 3.05) is 0 Å². The van der Waals surface area contributed by atoms with E-state index in [1.165, 1.54) is 50.5 Å². The van der Waals surface area contributed by atoms with E-state index in [1.807, 2.05) is 12.1 Å². The SMILES string of the molecule is FC=CCCCCCC1CCC(c2ccc(F)cc2)CC1. The molecular formula is C19H26F2. The molecule has 0 radical (unpaired) electrons. The van der Waals surface area contributed by atoms with Crippen molar-refractivity contribution in [3.63, 3.8) is 0 Å². The van der Waals surface area contributed by atoms with Crippen molar-refractivity contribution in [1.29, 1.82) is 0 Å². The second kappa shape index (κ2) is 8.96. The van der Waals surface area contributed by atoms with Gasteiger partial charge in [-0.25, -0.2) is 8.78 Å². The summed E-state index contributed by atoms with van der Waals surface area (Å²) in [7, 11) is 0. The molecule has 0 spiro atoms. The van der Waals surface area contributed by atoms with E-state index in [1.54, 1.807) is 18.2 Å². The zero-order valence-corrected chi connectivity index (χ0v) is 12.7. The molecule has 0 unspecified atom stereocenters. The van der Waals surface area contributed by atoms with Crippen molar-refractivity contribution in [3.8, 4) is 0 Å². The van der Waals surface area contributed by atoms with Crippen molar-refractivity contribution in [2.45, 2.75) is 63.7 Å².